The Morgan fingerprint density at radius 3 is 2.39 bits per heavy atom. The van der Waals surface area contributed by atoms with E-state index in [0.29, 0.717) is 29.3 Å². The fraction of sp³-hybridized carbons (Fsp3) is 0.167. The molecular weight excluding hydrogens is 390 g/mol. The summed E-state index contributed by atoms with van der Waals surface area (Å²) in [4.78, 5) is 0. The molecule has 0 radical (unpaired) electrons. The van der Waals surface area contributed by atoms with Gasteiger partial charge in [0, 0.05) is 6.07 Å². The molecule has 0 bridgehead atoms. The van der Waals surface area contributed by atoms with Gasteiger partial charge in [0.2, 0.25) is 0 Å². The van der Waals surface area contributed by atoms with Crippen LogP contribution in [0.15, 0.2) is 60.7 Å². The molecule has 4 aromatic rings. The highest BCUT2D eigenvalue weighted by atomic mass is 16.5. The summed E-state index contributed by atoms with van der Waals surface area (Å²) in [5, 5.41) is 27.4. The topological polar surface area (TPSA) is 96.8 Å². The van der Waals surface area contributed by atoms with Gasteiger partial charge in [-0.1, -0.05) is 30.7 Å². The molecular formula is C24H19N5O2. The molecule has 0 atom stereocenters. The number of hydrogen-bond acceptors (Lipinski definition) is 6. The molecule has 0 aliphatic carbocycles. The third-order valence-electron chi connectivity index (χ3n) is 4.74. The molecule has 0 aliphatic heterocycles. The van der Waals surface area contributed by atoms with Crippen molar-refractivity contribution in [2.75, 3.05) is 6.61 Å². The summed E-state index contributed by atoms with van der Waals surface area (Å²) in [7, 11) is 0. The summed E-state index contributed by atoms with van der Waals surface area (Å²) >= 11 is 0. The second-order valence-corrected chi connectivity index (χ2v) is 6.85. The molecule has 1 heterocycles. The maximum Gasteiger partial charge on any atom is 0.154 e. The zero-order valence-corrected chi connectivity index (χ0v) is 16.9. The van der Waals surface area contributed by atoms with E-state index in [1.165, 1.54) is 0 Å². The molecule has 0 saturated carbocycles. The van der Waals surface area contributed by atoms with Gasteiger partial charge in [-0.3, -0.25) is 0 Å². The molecule has 7 heteroatoms. The van der Waals surface area contributed by atoms with E-state index in [-0.39, 0.29) is 11.1 Å². The van der Waals surface area contributed by atoms with E-state index in [2.05, 4.69) is 29.4 Å². The number of para-hydroxylation sites is 1. The number of nitriles is 2. The Bertz CT molecular complexity index is 1300. The number of ether oxygens (including phenoxy) is 2. The lowest BCUT2D eigenvalue weighted by atomic mass is 10.1. The third kappa shape index (κ3) is 4.17. The molecule has 3 aromatic carbocycles. The molecule has 0 spiro atoms. The van der Waals surface area contributed by atoms with Crippen LogP contribution in [-0.2, 0) is 0 Å². The SMILES string of the molecule is CCCCOc1ccc(Oc2cc(C#N)c(C#N)cc2-n2nnc3ccccc32)cc1. The quantitative estimate of drug-likeness (QED) is 0.392. The molecule has 0 saturated heterocycles. The van der Waals surface area contributed by atoms with Crippen molar-refractivity contribution in [3.8, 4) is 35.1 Å². The summed E-state index contributed by atoms with van der Waals surface area (Å²) in [6, 6.07) is 22.0. The van der Waals surface area contributed by atoms with Crippen molar-refractivity contribution in [1.82, 2.24) is 15.0 Å². The average Bonchev–Trinajstić information content (AvgIpc) is 3.24. The number of aromatic nitrogens is 3. The summed E-state index contributed by atoms with van der Waals surface area (Å²) in [5.74, 6) is 1.73. The highest BCUT2D eigenvalue weighted by Gasteiger charge is 2.17. The Balaban J connectivity index is 1.73. The molecule has 7 nitrogen and oxygen atoms in total. The number of benzene rings is 3. The highest BCUT2D eigenvalue weighted by molar-refractivity contribution is 5.77. The first-order valence-corrected chi connectivity index (χ1v) is 9.93. The molecule has 0 unspecified atom stereocenters. The Hall–Kier alpha value is -4.36. The number of unbranched alkanes of at least 4 members (excludes halogenated alkanes) is 1. The summed E-state index contributed by atoms with van der Waals surface area (Å²) in [5.41, 5.74) is 2.47. The predicted octanol–water partition coefficient (Wildman–Crippen LogP) is 5.14. The molecule has 1 aromatic heterocycles. The number of rotatable bonds is 7. The fourth-order valence-electron chi connectivity index (χ4n) is 3.11. The van der Waals surface area contributed by atoms with E-state index in [9.17, 15) is 10.5 Å². The van der Waals surface area contributed by atoms with Gasteiger partial charge in [-0.05, 0) is 48.9 Å². The largest absolute Gasteiger partial charge is 0.494 e. The van der Waals surface area contributed by atoms with E-state index in [1.54, 1.807) is 28.9 Å². The van der Waals surface area contributed by atoms with Crippen LogP contribution in [0, 0.1) is 22.7 Å². The Morgan fingerprint density at radius 1 is 0.935 bits per heavy atom. The van der Waals surface area contributed by atoms with Crippen LogP contribution in [0.1, 0.15) is 30.9 Å². The van der Waals surface area contributed by atoms with Crippen molar-refractivity contribution in [2.45, 2.75) is 19.8 Å². The lowest BCUT2D eigenvalue weighted by Crippen LogP contribution is -2.02. The van der Waals surface area contributed by atoms with Crippen LogP contribution < -0.4 is 9.47 Å². The Labute approximate surface area is 179 Å². The highest BCUT2D eigenvalue weighted by Crippen LogP contribution is 2.33. The average molecular weight is 409 g/mol. The summed E-state index contributed by atoms with van der Waals surface area (Å²) < 4.78 is 13.4. The summed E-state index contributed by atoms with van der Waals surface area (Å²) in [6.45, 7) is 2.78. The Morgan fingerprint density at radius 2 is 1.65 bits per heavy atom. The molecule has 4 rings (SSSR count). The van der Waals surface area contributed by atoms with Gasteiger partial charge in [-0.2, -0.15) is 10.5 Å². The zero-order chi connectivity index (χ0) is 21.6. The van der Waals surface area contributed by atoms with Crippen molar-refractivity contribution in [1.29, 1.82) is 10.5 Å². The van der Waals surface area contributed by atoms with Crippen LogP contribution in [-0.4, -0.2) is 21.6 Å². The van der Waals surface area contributed by atoms with Crippen LogP contribution in [0.25, 0.3) is 16.7 Å². The second kappa shape index (κ2) is 8.98. The van der Waals surface area contributed by atoms with E-state index in [0.717, 1.165) is 24.1 Å². The van der Waals surface area contributed by atoms with E-state index >= 15 is 0 Å². The number of fused-ring (bicyclic) bond motifs is 1. The van der Waals surface area contributed by atoms with Gasteiger partial charge < -0.3 is 9.47 Å². The van der Waals surface area contributed by atoms with Crippen molar-refractivity contribution in [3.05, 3.63) is 71.8 Å². The molecule has 0 N–H and O–H groups in total. The van der Waals surface area contributed by atoms with Crippen molar-refractivity contribution in [2.24, 2.45) is 0 Å². The maximum absolute atomic E-state index is 9.48. The van der Waals surface area contributed by atoms with Crippen molar-refractivity contribution >= 4 is 11.0 Å². The second-order valence-electron chi connectivity index (χ2n) is 6.85. The molecule has 152 valence electrons. The summed E-state index contributed by atoms with van der Waals surface area (Å²) in [6.07, 6.45) is 2.07. The molecule has 0 amide bonds. The van der Waals surface area contributed by atoms with Crippen LogP contribution in [0.2, 0.25) is 0 Å². The lowest BCUT2D eigenvalue weighted by molar-refractivity contribution is 0.309. The third-order valence-corrected chi connectivity index (χ3v) is 4.74. The molecule has 0 fully saturated rings. The van der Waals surface area contributed by atoms with Crippen molar-refractivity contribution in [3.63, 3.8) is 0 Å². The zero-order valence-electron chi connectivity index (χ0n) is 16.9. The van der Waals surface area contributed by atoms with E-state index < -0.39 is 0 Å². The van der Waals surface area contributed by atoms with Gasteiger partial charge >= 0.3 is 0 Å². The normalized spacial score (nSPS) is 10.4. The van der Waals surface area contributed by atoms with Gasteiger partial charge in [-0.15, -0.1) is 5.10 Å². The molecule has 31 heavy (non-hydrogen) atoms. The van der Waals surface area contributed by atoms with Gasteiger partial charge in [0.15, 0.2) is 5.75 Å². The first kappa shape index (κ1) is 19.9. The maximum atomic E-state index is 9.48. The predicted molar refractivity (Wildman–Crippen MR) is 115 cm³/mol. The van der Waals surface area contributed by atoms with E-state index in [1.807, 2.05) is 36.4 Å². The van der Waals surface area contributed by atoms with Gasteiger partial charge in [0.1, 0.15) is 34.8 Å². The van der Waals surface area contributed by atoms with Gasteiger partial charge in [-0.25, -0.2) is 4.68 Å². The van der Waals surface area contributed by atoms with Crippen LogP contribution in [0.5, 0.6) is 17.2 Å². The first-order chi connectivity index (χ1) is 15.2. The molecule has 0 aliphatic rings. The monoisotopic (exact) mass is 409 g/mol. The van der Waals surface area contributed by atoms with Crippen LogP contribution in [0.3, 0.4) is 0 Å². The standard InChI is InChI=1S/C24H19N5O2/c1-2-3-12-30-19-8-10-20(11-9-19)31-24-14-18(16-26)17(15-25)13-23(24)29-22-7-5-4-6-21(22)27-28-29/h4-11,13-14H,2-3,12H2,1H3. The minimum atomic E-state index is 0.227. The van der Waals surface area contributed by atoms with Gasteiger partial charge in [0.25, 0.3) is 0 Å². The van der Waals surface area contributed by atoms with Crippen LogP contribution >= 0.6 is 0 Å². The number of nitrogens with zero attached hydrogens (tertiary/aromatic N) is 5. The lowest BCUT2D eigenvalue weighted by Gasteiger charge is -2.13. The minimum Gasteiger partial charge on any atom is -0.494 e. The van der Waals surface area contributed by atoms with Crippen LogP contribution in [0.4, 0.5) is 0 Å². The van der Waals surface area contributed by atoms with Crippen molar-refractivity contribution < 1.29 is 9.47 Å². The minimum absolute atomic E-state index is 0.227. The first-order valence-electron chi connectivity index (χ1n) is 9.93. The smallest absolute Gasteiger partial charge is 0.154 e. The Kier molecular flexibility index (Phi) is 5.77. The number of hydrogen-bond donors (Lipinski definition) is 0. The van der Waals surface area contributed by atoms with Gasteiger partial charge in [0.05, 0.1) is 23.3 Å². The van der Waals surface area contributed by atoms with E-state index in [4.69, 9.17) is 9.47 Å². The fourth-order valence-corrected chi connectivity index (χ4v) is 3.11.